The van der Waals surface area contributed by atoms with Crippen LogP contribution in [-0.2, 0) is 6.42 Å². The molecule has 0 aromatic heterocycles. The maximum absolute atomic E-state index is 14.1. The molecule has 0 fully saturated rings. The molecule has 0 bridgehead atoms. The van der Waals surface area contributed by atoms with Crippen molar-refractivity contribution in [2.24, 2.45) is 0 Å². The Morgan fingerprint density at radius 1 is 1.20 bits per heavy atom. The molecule has 2 nitrogen and oxygen atoms in total. The van der Waals surface area contributed by atoms with Crippen molar-refractivity contribution in [2.45, 2.75) is 26.3 Å². The molecule has 2 rings (SSSR count). The Morgan fingerprint density at radius 2 is 1.95 bits per heavy atom. The maximum Gasteiger partial charge on any atom is 0.167 e. The number of ether oxygens (including phenoxy) is 1. The van der Waals surface area contributed by atoms with Gasteiger partial charge in [-0.3, -0.25) is 0 Å². The molecule has 1 unspecified atom stereocenters. The summed E-state index contributed by atoms with van der Waals surface area (Å²) >= 11 is 0. The van der Waals surface area contributed by atoms with Crippen LogP contribution in [0.4, 0.5) is 4.39 Å². The van der Waals surface area contributed by atoms with E-state index in [0.29, 0.717) is 11.5 Å². The molecule has 106 valence electrons. The predicted octanol–water partition coefficient (Wildman–Crippen LogP) is 4.46. The molecule has 3 heteroatoms. The molecule has 20 heavy (non-hydrogen) atoms. The number of halogens is 1. The Bertz CT molecular complexity index is 583. The van der Waals surface area contributed by atoms with Crippen molar-refractivity contribution in [3.05, 3.63) is 59.4 Å². The van der Waals surface area contributed by atoms with E-state index in [1.165, 1.54) is 11.6 Å². The highest BCUT2D eigenvalue weighted by molar-refractivity contribution is 5.41. The van der Waals surface area contributed by atoms with Crippen LogP contribution in [0.25, 0.3) is 0 Å². The van der Waals surface area contributed by atoms with Crippen LogP contribution in [0.2, 0.25) is 0 Å². The summed E-state index contributed by atoms with van der Waals surface area (Å²) in [6.07, 6.45) is 0.925. The van der Waals surface area contributed by atoms with Crippen molar-refractivity contribution >= 4 is 0 Å². The third kappa shape index (κ3) is 3.17. The first-order valence-corrected chi connectivity index (χ1v) is 6.88. The largest absolute Gasteiger partial charge is 0.454 e. The average Bonchev–Trinajstić information content (AvgIpc) is 2.48. The second-order valence-electron chi connectivity index (χ2n) is 4.77. The van der Waals surface area contributed by atoms with Crippen LogP contribution in [-0.4, -0.2) is 7.05 Å². The van der Waals surface area contributed by atoms with E-state index in [-0.39, 0.29) is 11.9 Å². The van der Waals surface area contributed by atoms with Crippen LogP contribution in [0.15, 0.2) is 42.5 Å². The number of nitrogens with one attached hydrogen (secondary N) is 1. The van der Waals surface area contributed by atoms with Crippen LogP contribution >= 0.6 is 0 Å². The van der Waals surface area contributed by atoms with Crippen LogP contribution in [0.3, 0.4) is 0 Å². The standard InChI is InChI=1S/C17H20FNO/c1-4-13-7-5-8-14(11-13)20-17-15(12(2)19-3)9-6-10-16(17)18/h5-12,19H,4H2,1-3H3. The van der Waals surface area contributed by atoms with Crippen molar-refractivity contribution in [2.75, 3.05) is 7.05 Å². The molecule has 0 aliphatic heterocycles. The minimum atomic E-state index is -0.341. The van der Waals surface area contributed by atoms with E-state index in [0.717, 1.165) is 12.0 Å². The highest BCUT2D eigenvalue weighted by atomic mass is 19.1. The van der Waals surface area contributed by atoms with Gasteiger partial charge in [-0.05, 0) is 44.2 Å². The zero-order valence-electron chi connectivity index (χ0n) is 12.1. The lowest BCUT2D eigenvalue weighted by molar-refractivity contribution is 0.428. The molecule has 2 aromatic rings. The quantitative estimate of drug-likeness (QED) is 0.868. The van der Waals surface area contributed by atoms with E-state index in [1.54, 1.807) is 6.07 Å². The van der Waals surface area contributed by atoms with Gasteiger partial charge in [0.25, 0.3) is 0 Å². The summed E-state index contributed by atoms with van der Waals surface area (Å²) in [6.45, 7) is 4.06. The van der Waals surface area contributed by atoms with Gasteiger partial charge in [0.15, 0.2) is 11.6 Å². The molecule has 1 N–H and O–H groups in total. The van der Waals surface area contributed by atoms with Crippen molar-refractivity contribution in [3.8, 4) is 11.5 Å². The van der Waals surface area contributed by atoms with Gasteiger partial charge in [-0.2, -0.15) is 0 Å². The van der Waals surface area contributed by atoms with Gasteiger partial charge in [-0.1, -0.05) is 31.2 Å². The second kappa shape index (κ2) is 6.53. The van der Waals surface area contributed by atoms with Crippen LogP contribution < -0.4 is 10.1 Å². The summed E-state index contributed by atoms with van der Waals surface area (Å²) in [5, 5.41) is 3.11. The minimum Gasteiger partial charge on any atom is -0.454 e. The topological polar surface area (TPSA) is 21.3 Å². The zero-order chi connectivity index (χ0) is 14.5. The number of hydrogen-bond acceptors (Lipinski definition) is 2. The van der Waals surface area contributed by atoms with Crippen molar-refractivity contribution in [1.29, 1.82) is 0 Å². The molecule has 2 aromatic carbocycles. The highest BCUT2D eigenvalue weighted by Crippen LogP contribution is 2.32. The molecule has 0 saturated heterocycles. The zero-order valence-corrected chi connectivity index (χ0v) is 12.1. The summed E-state index contributed by atoms with van der Waals surface area (Å²) in [4.78, 5) is 0. The van der Waals surface area contributed by atoms with Crippen molar-refractivity contribution in [1.82, 2.24) is 5.32 Å². The summed E-state index contributed by atoms with van der Waals surface area (Å²) in [5.41, 5.74) is 1.98. The first kappa shape index (κ1) is 14.5. The lowest BCUT2D eigenvalue weighted by Crippen LogP contribution is -2.13. The van der Waals surface area contributed by atoms with E-state index < -0.39 is 0 Å². The van der Waals surface area contributed by atoms with Crippen LogP contribution in [0, 0.1) is 5.82 Å². The fourth-order valence-electron chi connectivity index (χ4n) is 2.08. The highest BCUT2D eigenvalue weighted by Gasteiger charge is 2.15. The van der Waals surface area contributed by atoms with Gasteiger partial charge in [0.05, 0.1) is 0 Å². The molecule has 0 radical (unpaired) electrons. The molecule has 0 saturated carbocycles. The Morgan fingerprint density at radius 3 is 2.65 bits per heavy atom. The van der Waals surface area contributed by atoms with E-state index in [9.17, 15) is 4.39 Å². The lowest BCUT2D eigenvalue weighted by atomic mass is 10.1. The lowest BCUT2D eigenvalue weighted by Gasteiger charge is -2.17. The van der Waals surface area contributed by atoms with E-state index >= 15 is 0 Å². The van der Waals surface area contributed by atoms with Crippen LogP contribution in [0.5, 0.6) is 11.5 Å². The average molecular weight is 273 g/mol. The number of hydrogen-bond donors (Lipinski definition) is 1. The van der Waals surface area contributed by atoms with Gasteiger partial charge in [-0.25, -0.2) is 4.39 Å². The van der Waals surface area contributed by atoms with Gasteiger partial charge >= 0.3 is 0 Å². The van der Waals surface area contributed by atoms with Gasteiger partial charge in [0, 0.05) is 11.6 Å². The van der Waals surface area contributed by atoms with E-state index in [2.05, 4.69) is 12.2 Å². The minimum absolute atomic E-state index is 0.0232. The van der Waals surface area contributed by atoms with Gasteiger partial charge in [0.1, 0.15) is 5.75 Å². The Hall–Kier alpha value is -1.87. The van der Waals surface area contributed by atoms with Gasteiger partial charge in [0.2, 0.25) is 0 Å². The van der Waals surface area contributed by atoms with Crippen molar-refractivity contribution < 1.29 is 9.13 Å². The summed E-state index contributed by atoms with van der Waals surface area (Å²) < 4.78 is 19.9. The third-order valence-corrected chi connectivity index (χ3v) is 3.42. The smallest absolute Gasteiger partial charge is 0.167 e. The normalized spacial score (nSPS) is 12.2. The van der Waals surface area contributed by atoms with Gasteiger partial charge in [-0.15, -0.1) is 0 Å². The van der Waals surface area contributed by atoms with Crippen molar-refractivity contribution in [3.63, 3.8) is 0 Å². The molecule has 0 heterocycles. The number of para-hydroxylation sites is 1. The summed E-state index contributed by atoms with van der Waals surface area (Å²) in [6, 6.07) is 12.8. The predicted molar refractivity (Wildman–Crippen MR) is 79.8 cm³/mol. The second-order valence-corrected chi connectivity index (χ2v) is 4.77. The molecular weight excluding hydrogens is 253 g/mol. The number of rotatable bonds is 5. The Kier molecular flexibility index (Phi) is 4.74. The van der Waals surface area contributed by atoms with Gasteiger partial charge < -0.3 is 10.1 Å². The Labute approximate surface area is 119 Å². The molecule has 0 spiro atoms. The first-order chi connectivity index (χ1) is 9.65. The van der Waals surface area contributed by atoms with E-state index in [4.69, 9.17) is 4.74 Å². The third-order valence-electron chi connectivity index (χ3n) is 3.42. The fraction of sp³-hybridized carbons (Fsp3) is 0.294. The molecule has 0 aliphatic carbocycles. The molecular formula is C17H20FNO. The number of benzene rings is 2. The number of aryl methyl sites for hydroxylation is 1. The maximum atomic E-state index is 14.1. The molecule has 0 amide bonds. The molecule has 1 atom stereocenters. The monoisotopic (exact) mass is 273 g/mol. The summed E-state index contributed by atoms with van der Waals surface area (Å²) in [5.74, 6) is 0.619. The fourth-order valence-corrected chi connectivity index (χ4v) is 2.08. The SMILES string of the molecule is CCc1cccc(Oc2c(F)cccc2C(C)NC)c1. The summed E-state index contributed by atoms with van der Waals surface area (Å²) in [7, 11) is 1.84. The first-order valence-electron chi connectivity index (χ1n) is 6.88. The van der Waals surface area contributed by atoms with Crippen LogP contribution in [0.1, 0.15) is 31.0 Å². The van der Waals surface area contributed by atoms with E-state index in [1.807, 2.05) is 44.3 Å². The Balaban J connectivity index is 2.37. The molecule has 0 aliphatic rings.